The largest absolute Gasteiger partial charge is 0.264 e. The molecule has 0 aliphatic heterocycles. The first-order valence-electron chi connectivity index (χ1n) is 5.74. The molecule has 0 fully saturated rings. The summed E-state index contributed by atoms with van der Waals surface area (Å²) in [4.78, 5) is 4.01. The van der Waals surface area contributed by atoms with Crippen molar-refractivity contribution in [2.45, 2.75) is 27.7 Å². The minimum Gasteiger partial charge on any atom is -0.264 e. The normalized spacial score (nSPS) is 10.5. The second kappa shape index (κ2) is 13.4. The highest BCUT2D eigenvalue weighted by molar-refractivity contribution is 5.41. The molecule has 0 unspecified atom stereocenters. The molecule has 1 nitrogen and oxygen atoms in total. The van der Waals surface area contributed by atoms with E-state index in [4.69, 9.17) is 0 Å². The molecule has 0 aliphatic carbocycles. The Balaban J connectivity index is 0. The Hall–Kier alpha value is -1.63. The van der Waals surface area contributed by atoms with Gasteiger partial charge >= 0.3 is 0 Å². The third-order valence-corrected chi connectivity index (χ3v) is 1.48. The molecule has 0 N–H and O–H groups in total. The van der Waals surface area contributed by atoms with Crippen molar-refractivity contribution in [1.82, 2.24) is 4.98 Å². The molecule has 16 heavy (non-hydrogen) atoms. The van der Waals surface area contributed by atoms with Gasteiger partial charge in [0.2, 0.25) is 0 Å². The lowest BCUT2D eigenvalue weighted by Gasteiger charge is -1.86. The third-order valence-electron chi connectivity index (χ3n) is 1.48. The summed E-state index contributed by atoms with van der Waals surface area (Å²) in [6.07, 6.45) is 10.9. The van der Waals surface area contributed by atoms with Gasteiger partial charge in [-0.25, -0.2) is 0 Å². The second-order valence-electron chi connectivity index (χ2n) is 2.31. The molecule has 0 saturated carbocycles. The zero-order valence-electron chi connectivity index (χ0n) is 10.9. The van der Waals surface area contributed by atoms with Crippen LogP contribution in [0.5, 0.6) is 0 Å². The van der Waals surface area contributed by atoms with Crippen LogP contribution in [0.4, 0.5) is 0 Å². The molecule has 0 atom stereocenters. The Bertz CT molecular complexity index is 349. The van der Waals surface area contributed by atoms with Crippen LogP contribution in [-0.4, -0.2) is 4.98 Å². The predicted octanol–water partition coefficient (Wildman–Crippen LogP) is 3.07. The molecule has 0 amide bonds. The smallest absolute Gasteiger partial charge is 0.0346 e. The average molecular weight is 217 g/mol. The predicted molar refractivity (Wildman–Crippen MR) is 75.5 cm³/mol. The Morgan fingerprint density at radius 3 is 1.94 bits per heavy atom. The number of aromatic nitrogens is 1. The van der Waals surface area contributed by atoms with E-state index in [-0.39, 0.29) is 0 Å². The van der Waals surface area contributed by atoms with Crippen molar-refractivity contribution >= 4 is 12.2 Å². The molecule has 0 spiro atoms. The van der Waals surface area contributed by atoms with Crippen molar-refractivity contribution in [2.24, 2.45) is 0 Å². The van der Waals surface area contributed by atoms with E-state index in [2.05, 4.69) is 18.1 Å². The molecular formula is C15H23N. The van der Waals surface area contributed by atoms with Crippen LogP contribution in [0.15, 0.2) is 43.8 Å². The summed E-state index contributed by atoms with van der Waals surface area (Å²) in [5.41, 5.74) is 0. The topological polar surface area (TPSA) is 12.9 Å². The van der Waals surface area contributed by atoms with E-state index in [9.17, 15) is 0 Å². The minimum atomic E-state index is 1.06. The van der Waals surface area contributed by atoms with Crippen LogP contribution in [0, 0.1) is 0 Å². The highest BCUT2D eigenvalue weighted by Gasteiger charge is 1.80. The highest BCUT2D eigenvalue weighted by atomic mass is 14.6. The first-order chi connectivity index (χ1) is 7.88. The number of hydrogen-bond acceptors (Lipinski definition) is 1. The van der Waals surface area contributed by atoms with E-state index in [0.29, 0.717) is 0 Å². The van der Waals surface area contributed by atoms with E-state index in [1.807, 2.05) is 45.9 Å². The van der Waals surface area contributed by atoms with Crippen molar-refractivity contribution < 1.29 is 0 Å². The average Bonchev–Trinajstić information content (AvgIpc) is 2.37. The summed E-state index contributed by atoms with van der Waals surface area (Å²) < 4.78 is 0. The van der Waals surface area contributed by atoms with Gasteiger partial charge in [-0.1, -0.05) is 65.2 Å². The van der Waals surface area contributed by atoms with Crippen LogP contribution in [-0.2, 0) is 0 Å². The van der Waals surface area contributed by atoms with Crippen LogP contribution in [0.3, 0.4) is 0 Å². The summed E-state index contributed by atoms with van der Waals surface area (Å²) >= 11 is 0. The number of rotatable bonds is 2. The summed E-state index contributed by atoms with van der Waals surface area (Å²) in [7, 11) is 0. The molecule has 1 aromatic rings. The molecule has 0 aliphatic rings. The lowest BCUT2D eigenvalue weighted by molar-refractivity contribution is 1.27. The fourth-order valence-electron chi connectivity index (χ4n) is 0.962. The van der Waals surface area contributed by atoms with Gasteiger partial charge in [-0.05, 0) is 16.5 Å². The monoisotopic (exact) mass is 217 g/mol. The zero-order chi connectivity index (χ0) is 12.8. The summed E-state index contributed by atoms with van der Waals surface area (Å²) in [5, 5.41) is 2.17. The Labute approximate surface area is 99.6 Å². The highest BCUT2D eigenvalue weighted by Crippen LogP contribution is 1.69. The quantitative estimate of drug-likeness (QED) is 0.742. The van der Waals surface area contributed by atoms with E-state index in [1.165, 1.54) is 0 Å². The van der Waals surface area contributed by atoms with E-state index in [1.54, 1.807) is 24.5 Å². The fourth-order valence-corrected chi connectivity index (χ4v) is 0.962. The maximum absolute atomic E-state index is 4.01. The molecule has 88 valence electrons. The van der Waals surface area contributed by atoms with Gasteiger partial charge in [0, 0.05) is 12.4 Å². The van der Waals surface area contributed by atoms with Gasteiger partial charge in [0.05, 0.1) is 0 Å². The number of allylic oxidation sites excluding steroid dienone is 2. The summed E-state index contributed by atoms with van der Waals surface area (Å²) in [5.74, 6) is 0. The lowest BCUT2D eigenvalue weighted by atomic mass is 10.2. The van der Waals surface area contributed by atoms with Gasteiger partial charge in [0.15, 0.2) is 0 Å². The van der Waals surface area contributed by atoms with Gasteiger partial charge in [-0.15, -0.1) is 0 Å². The molecule has 0 saturated heterocycles. The summed E-state index contributed by atoms with van der Waals surface area (Å²) in [6, 6.07) is 1.94. The lowest BCUT2D eigenvalue weighted by Crippen LogP contribution is -2.23. The van der Waals surface area contributed by atoms with Crippen LogP contribution < -0.4 is 10.4 Å². The van der Waals surface area contributed by atoms with Gasteiger partial charge in [-0.2, -0.15) is 0 Å². The van der Waals surface area contributed by atoms with Gasteiger partial charge in [0.1, 0.15) is 0 Å². The first kappa shape index (κ1) is 16.8. The first-order valence-corrected chi connectivity index (χ1v) is 5.74. The van der Waals surface area contributed by atoms with Crippen molar-refractivity contribution in [3.8, 4) is 0 Å². The standard InChI is InChI=1S/C11H11N.2C2H6/c1-3-5-10-7-8-12-9-11(10)6-4-2;2*1-2/h3-9H,1-2H2;2*1-2H3/b10-5-,11-6-;;. The molecule has 0 bridgehead atoms. The van der Waals surface area contributed by atoms with Crippen LogP contribution in [0.2, 0.25) is 0 Å². The molecule has 1 rings (SSSR count). The number of pyridine rings is 1. The van der Waals surface area contributed by atoms with Crippen LogP contribution >= 0.6 is 0 Å². The molecule has 1 heterocycles. The van der Waals surface area contributed by atoms with Crippen LogP contribution in [0.25, 0.3) is 12.2 Å². The Morgan fingerprint density at radius 2 is 1.44 bits per heavy atom. The fraction of sp³-hybridized carbons (Fsp3) is 0.267. The molecule has 0 aromatic carbocycles. The molecule has 1 heteroatoms. The molecule has 1 aromatic heterocycles. The van der Waals surface area contributed by atoms with Crippen molar-refractivity contribution in [3.05, 3.63) is 54.2 Å². The van der Waals surface area contributed by atoms with Crippen molar-refractivity contribution in [2.75, 3.05) is 0 Å². The van der Waals surface area contributed by atoms with E-state index < -0.39 is 0 Å². The van der Waals surface area contributed by atoms with Crippen LogP contribution in [0.1, 0.15) is 27.7 Å². The zero-order valence-corrected chi connectivity index (χ0v) is 10.9. The minimum absolute atomic E-state index is 1.06. The van der Waals surface area contributed by atoms with Crippen molar-refractivity contribution in [1.29, 1.82) is 0 Å². The Morgan fingerprint density at radius 1 is 0.938 bits per heavy atom. The molecular weight excluding hydrogens is 194 g/mol. The second-order valence-corrected chi connectivity index (χ2v) is 2.31. The SMILES string of the molecule is C=C/C=c1/ccnc/c1=C/C=C.CC.CC. The van der Waals surface area contributed by atoms with E-state index >= 15 is 0 Å². The van der Waals surface area contributed by atoms with Gasteiger partial charge < -0.3 is 0 Å². The number of hydrogen-bond donors (Lipinski definition) is 0. The van der Waals surface area contributed by atoms with E-state index in [0.717, 1.165) is 10.4 Å². The summed E-state index contributed by atoms with van der Waals surface area (Å²) in [6.45, 7) is 15.3. The third kappa shape index (κ3) is 6.77. The van der Waals surface area contributed by atoms with Gasteiger partial charge in [-0.3, -0.25) is 4.98 Å². The number of nitrogens with zero attached hydrogens (tertiary/aromatic N) is 1. The Kier molecular flexibility index (Phi) is 14.0. The maximum atomic E-state index is 4.01. The maximum Gasteiger partial charge on any atom is 0.0346 e. The molecule has 0 radical (unpaired) electrons. The van der Waals surface area contributed by atoms with Crippen molar-refractivity contribution in [3.63, 3.8) is 0 Å². The van der Waals surface area contributed by atoms with Gasteiger partial charge in [0.25, 0.3) is 0 Å².